The molecule has 64 heavy (non-hydrogen) atoms. The molecule has 11 nitrogen and oxygen atoms in total. The van der Waals surface area contributed by atoms with Gasteiger partial charge in [-0.1, -0.05) is 177 Å². The van der Waals surface area contributed by atoms with Crippen LogP contribution in [0.15, 0.2) is 72.9 Å². The van der Waals surface area contributed by atoms with E-state index in [1.54, 1.807) is 0 Å². The molecule has 3 atom stereocenters. The number of aliphatic hydroxyl groups excluding tert-OH is 1. The predicted octanol–water partition coefficient (Wildman–Crippen LogP) is 13.7. The van der Waals surface area contributed by atoms with E-state index in [-0.39, 0.29) is 12.8 Å². The second kappa shape index (κ2) is 46.4. The van der Waals surface area contributed by atoms with Gasteiger partial charge in [0.1, 0.15) is 12.7 Å². The quantitative estimate of drug-likeness (QED) is 0.0200. The van der Waals surface area contributed by atoms with Gasteiger partial charge >= 0.3 is 19.8 Å². The molecule has 0 aromatic carbocycles. The molecular weight excluding hydrogens is 830 g/mol. The lowest BCUT2D eigenvalue weighted by atomic mass is 10.1. The highest BCUT2D eigenvalue weighted by molar-refractivity contribution is 7.47. The van der Waals surface area contributed by atoms with Crippen LogP contribution in [0.3, 0.4) is 0 Å². The van der Waals surface area contributed by atoms with Gasteiger partial charge in [0.15, 0.2) is 6.04 Å². The van der Waals surface area contributed by atoms with Gasteiger partial charge in [-0.25, -0.2) is 9.36 Å². The molecule has 0 aromatic heterocycles. The second-order valence-corrected chi connectivity index (χ2v) is 18.1. The van der Waals surface area contributed by atoms with E-state index in [9.17, 15) is 34.1 Å². The number of phosphoric ester groups is 1. The van der Waals surface area contributed by atoms with E-state index >= 15 is 0 Å². The Labute approximate surface area is 389 Å². The van der Waals surface area contributed by atoms with Crippen molar-refractivity contribution in [2.24, 2.45) is 0 Å². The minimum absolute atomic E-state index is 0.133. The Bertz CT molecular complexity index is 1360. The van der Waals surface area contributed by atoms with Gasteiger partial charge in [-0.3, -0.25) is 18.6 Å². The minimum Gasteiger partial charge on any atom is -0.480 e. The summed E-state index contributed by atoms with van der Waals surface area (Å²) in [6.07, 6.45) is 56.2. The second-order valence-electron chi connectivity index (χ2n) is 16.6. The van der Waals surface area contributed by atoms with E-state index in [4.69, 9.17) is 13.8 Å². The molecule has 1 amide bonds. The number of carboxylic acid groups (broad SMARTS) is 1. The number of carbonyl (C=O) groups excluding carboxylic acids is 2. The van der Waals surface area contributed by atoms with Gasteiger partial charge in [0, 0.05) is 12.8 Å². The summed E-state index contributed by atoms with van der Waals surface area (Å²) in [5.74, 6) is -2.40. The van der Waals surface area contributed by atoms with Crippen LogP contribution in [0.4, 0.5) is 0 Å². The van der Waals surface area contributed by atoms with Crippen LogP contribution in [-0.4, -0.2) is 64.9 Å². The molecule has 0 bridgehead atoms. The van der Waals surface area contributed by atoms with Crippen LogP contribution in [-0.2, 0) is 32.7 Å². The zero-order chi connectivity index (χ0) is 47.0. The molecule has 0 radical (unpaired) electrons. The van der Waals surface area contributed by atoms with Crippen molar-refractivity contribution in [2.75, 3.05) is 19.8 Å². The number of carboxylic acids is 1. The van der Waals surface area contributed by atoms with Gasteiger partial charge < -0.3 is 25.2 Å². The van der Waals surface area contributed by atoms with Crippen LogP contribution < -0.4 is 5.32 Å². The zero-order valence-corrected chi connectivity index (χ0v) is 41.0. The van der Waals surface area contributed by atoms with Crippen LogP contribution in [0.25, 0.3) is 0 Å². The Morgan fingerprint density at radius 3 is 1.28 bits per heavy atom. The highest BCUT2D eigenvalue weighted by atomic mass is 31.2. The Morgan fingerprint density at radius 1 is 0.500 bits per heavy atom. The minimum atomic E-state index is -4.77. The number of ether oxygens (including phenoxy) is 1. The van der Waals surface area contributed by atoms with E-state index < -0.39 is 57.6 Å². The topological polar surface area (TPSA) is 169 Å². The van der Waals surface area contributed by atoms with Gasteiger partial charge in [-0.05, 0) is 89.9 Å². The highest BCUT2D eigenvalue weighted by Crippen LogP contribution is 2.43. The Balaban J connectivity index is 3.89. The molecule has 0 rings (SSSR count). The van der Waals surface area contributed by atoms with Crippen molar-refractivity contribution in [1.82, 2.24) is 5.32 Å². The number of carbonyl (C=O) groups is 3. The first-order valence-electron chi connectivity index (χ1n) is 25.0. The summed E-state index contributed by atoms with van der Waals surface area (Å²) >= 11 is 0. The molecule has 0 aromatic rings. The van der Waals surface area contributed by atoms with Crippen LogP contribution in [0, 0.1) is 0 Å². The molecule has 0 heterocycles. The highest BCUT2D eigenvalue weighted by Gasteiger charge is 2.28. The van der Waals surface area contributed by atoms with Gasteiger partial charge in [-0.2, -0.15) is 0 Å². The summed E-state index contributed by atoms with van der Waals surface area (Å²) < 4.78 is 26.9. The third kappa shape index (κ3) is 45.5. The molecule has 0 saturated carbocycles. The third-order valence-electron chi connectivity index (χ3n) is 10.5. The smallest absolute Gasteiger partial charge is 0.472 e. The summed E-state index contributed by atoms with van der Waals surface area (Å²) in [5.41, 5.74) is 0. The number of phosphoric acid groups is 1. The van der Waals surface area contributed by atoms with E-state index in [1.165, 1.54) is 70.6 Å². The number of nitrogens with one attached hydrogen (secondary N) is 1. The first-order valence-corrected chi connectivity index (χ1v) is 26.5. The fraction of sp³-hybridized carbons (Fsp3) is 0.712. The maximum atomic E-state index is 12.4. The van der Waals surface area contributed by atoms with E-state index in [2.05, 4.69) is 92.1 Å². The number of allylic oxidation sites excluding steroid dienone is 12. The standard InChI is InChI=1S/C52H90NO10P/c1-3-5-7-9-11-13-15-17-19-21-23-24-26-27-29-31-33-35-37-39-41-43-50(55)53-49(52(57)58)47-63-64(59,60)62-46-48(54)45-61-51(56)44-42-40-38-36-34-32-30-28-25-22-20-18-16-14-12-10-8-6-4-2/h11-14,17-20,23-25,28,48-49,54H,3-10,15-16,21-22,26-27,29-47H2,1-2H3,(H,53,55)(H,57,58)(H,59,60)/b13-11-,14-12-,19-17-,20-18-,24-23-,28-25-. The summed E-state index contributed by atoms with van der Waals surface area (Å²) in [5, 5.41) is 21.9. The third-order valence-corrected chi connectivity index (χ3v) is 11.4. The fourth-order valence-electron chi connectivity index (χ4n) is 6.56. The van der Waals surface area contributed by atoms with Gasteiger partial charge in [0.05, 0.1) is 13.2 Å². The van der Waals surface area contributed by atoms with Crippen LogP contribution in [0.5, 0.6) is 0 Å². The van der Waals surface area contributed by atoms with Crippen molar-refractivity contribution >= 4 is 25.7 Å². The maximum absolute atomic E-state index is 12.4. The number of hydrogen-bond acceptors (Lipinski definition) is 8. The number of aliphatic carboxylic acids is 1. The molecule has 0 aliphatic heterocycles. The van der Waals surface area contributed by atoms with Crippen molar-refractivity contribution in [3.8, 4) is 0 Å². The number of esters is 1. The average molecular weight is 920 g/mol. The van der Waals surface area contributed by atoms with E-state index in [1.807, 2.05) is 0 Å². The Kier molecular flexibility index (Phi) is 44.2. The zero-order valence-electron chi connectivity index (χ0n) is 40.1. The van der Waals surface area contributed by atoms with Crippen molar-refractivity contribution in [2.45, 2.75) is 219 Å². The van der Waals surface area contributed by atoms with Crippen LogP contribution in [0.2, 0.25) is 0 Å². The molecule has 368 valence electrons. The largest absolute Gasteiger partial charge is 0.480 e. The molecule has 3 unspecified atom stereocenters. The van der Waals surface area contributed by atoms with E-state index in [0.717, 1.165) is 96.3 Å². The molecule has 0 aliphatic carbocycles. The summed E-state index contributed by atoms with van der Waals surface area (Å²) in [7, 11) is -4.77. The normalized spacial score (nSPS) is 14.2. The summed E-state index contributed by atoms with van der Waals surface area (Å²) in [6.45, 7) is 2.53. The summed E-state index contributed by atoms with van der Waals surface area (Å²) in [6, 6.07) is -1.56. The van der Waals surface area contributed by atoms with E-state index in [0.29, 0.717) is 12.8 Å². The van der Waals surface area contributed by atoms with Crippen molar-refractivity contribution in [3.05, 3.63) is 72.9 Å². The number of rotatable bonds is 46. The molecular formula is C52H90NO10P. The maximum Gasteiger partial charge on any atom is 0.472 e. The van der Waals surface area contributed by atoms with Crippen LogP contribution in [0.1, 0.15) is 206 Å². The molecule has 4 N–H and O–H groups in total. The van der Waals surface area contributed by atoms with Crippen molar-refractivity contribution < 1.29 is 47.8 Å². The lowest BCUT2D eigenvalue weighted by molar-refractivity contribution is -0.147. The van der Waals surface area contributed by atoms with Crippen molar-refractivity contribution in [1.29, 1.82) is 0 Å². The number of hydrogen-bond donors (Lipinski definition) is 4. The molecule has 0 fully saturated rings. The van der Waals surface area contributed by atoms with Crippen LogP contribution >= 0.6 is 7.82 Å². The molecule has 0 aliphatic rings. The average Bonchev–Trinajstić information content (AvgIpc) is 3.27. The molecule has 0 spiro atoms. The fourth-order valence-corrected chi connectivity index (χ4v) is 7.34. The number of unbranched alkanes of at least 4 members (excludes halogenated alkanes) is 20. The first-order chi connectivity index (χ1) is 31.1. The predicted molar refractivity (Wildman–Crippen MR) is 263 cm³/mol. The molecule has 12 heteroatoms. The Morgan fingerprint density at radius 2 is 0.859 bits per heavy atom. The monoisotopic (exact) mass is 920 g/mol. The summed E-state index contributed by atoms with van der Waals surface area (Å²) in [4.78, 5) is 46.1. The lowest BCUT2D eigenvalue weighted by Gasteiger charge is -2.18. The lowest BCUT2D eigenvalue weighted by Crippen LogP contribution is -2.43. The van der Waals surface area contributed by atoms with Gasteiger partial charge in [0.2, 0.25) is 5.91 Å². The Hall–Kier alpha value is -3.08. The van der Waals surface area contributed by atoms with Crippen molar-refractivity contribution in [3.63, 3.8) is 0 Å². The van der Waals surface area contributed by atoms with Gasteiger partial charge in [0.25, 0.3) is 0 Å². The first kappa shape index (κ1) is 60.9. The number of amides is 1. The number of aliphatic hydroxyl groups is 1. The van der Waals surface area contributed by atoms with Gasteiger partial charge in [-0.15, -0.1) is 0 Å². The molecule has 0 saturated heterocycles. The SMILES string of the molecule is CCCCC/C=C\C/C=C\C/C=C\CCCCCCCCCCC(=O)NC(COP(=O)(O)OCC(O)COC(=O)CCCCCCCC/C=C\C/C=C\C/C=C\CCCCC)C(=O)O.